The molecule has 10 heteroatoms. The van der Waals surface area contributed by atoms with Crippen LogP contribution in [-0.2, 0) is 32.7 Å². The maximum absolute atomic E-state index is 12.5. The zero-order valence-electron chi connectivity index (χ0n) is 32.6. The number of ether oxygens (including phenoxy) is 2. The highest BCUT2D eigenvalue weighted by molar-refractivity contribution is 7.47. The predicted octanol–water partition coefficient (Wildman–Crippen LogP) is 11.4. The highest BCUT2D eigenvalue weighted by Crippen LogP contribution is 2.43. The molecule has 3 N–H and O–H groups in total. The lowest BCUT2D eigenvalue weighted by molar-refractivity contribution is -0.159. The molecule has 0 aliphatic carbocycles. The molecule has 0 aromatic heterocycles. The predicted molar refractivity (Wildman–Crippen MR) is 210 cm³/mol. The van der Waals surface area contributed by atoms with Crippen LogP contribution in [0.3, 0.4) is 0 Å². The molecule has 0 heterocycles. The number of unbranched alkanes of at least 4 members (excludes halogenated alkanes) is 22. The Labute approximate surface area is 312 Å². The van der Waals surface area contributed by atoms with Gasteiger partial charge in [0.2, 0.25) is 0 Å². The minimum atomic E-state index is -4.40. The number of esters is 2. The second-order valence-corrected chi connectivity index (χ2v) is 15.0. The maximum atomic E-state index is 12.5. The normalized spacial score (nSPS) is 13.7. The van der Waals surface area contributed by atoms with E-state index in [0.717, 1.165) is 32.1 Å². The van der Waals surface area contributed by atoms with Crippen molar-refractivity contribution in [3.05, 3.63) is 36.5 Å². The minimum Gasteiger partial charge on any atom is -0.458 e. The first-order valence-electron chi connectivity index (χ1n) is 20.5. The minimum absolute atomic E-state index is 0.0401. The van der Waals surface area contributed by atoms with Gasteiger partial charge in [-0.1, -0.05) is 160 Å². The Balaban J connectivity index is 4.31. The Morgan fingerprint density at radius 3 is 1.61 bits per heavy atom. The van der Waals surface area contributed by atoms with Crippen LogP contribution < -0.4 is 5.73 Å². The molecule has 0 amide bonds. The van der Waals surface area contributed by atoms with Crippen molar-refractivity contribution >= 4 is 19.8 Å². The number of allylic oxidation sites excluding steroid dienone is 5. The van der Waals surface area contributed by atoms with E-state index in [1.54, 1.807) is 6.08 Å². The number of carbonyl (C=O) groups is 2. The van der Waals surface area contributed by atoms with Crippen LogP contribution in [0.4, 0.5) is 0 Å². The summed E-state index contributed by atoms with van der Waals surface area (Å²) in [5.41, 5.74) is 5.33. The molecule has 1 unspecified atom stereocenters. The van der Waals surface area contributed by atoms with Crippen molar-refractivity contribution in [2.24, 2.45) is 5.73 Å². The number of phosphoric acid groups is 1. The number of nitrogens with two attached hydrogens (primary N) is 1. The number of hydrogen-bond donors (Lipinski definition) is 2. The summed E-state index contributed by atoms with van der Waals surface area (Å²) in [6.45, 7) is 3.58. The number of hydrogen-bond acceptors (Lipinski definition) is 8. The van der Waals surface area contributed by atoms with Crippen LogP contribution in [-0.4, -0.2) is 49.3 Å². The highest BCUT2D eigenvalue weighted by Gasteiger charge is 2.25. The van der Waals surface area contributed by atoms with Gasteiger partial charge in [-0.25, -0.2) is 9.36 Å². The Morgan fingerprint density at radius 1 is 0.627 bits per heavy atom. The summed E-state index contributed by atoms with van der Waals surface area (Å²) >= 11 is 0. The monoisotopic (exact) mass is 742 g/mol. The molecule has 0 fully saturated rings. The van der Waals surface area contributed by atoms with Gasteiger partial charge in [0.05, 0.1) is 13.2 Å². The molecule has 0 aromatic rings. The molecule has 0 saturated carbocycles. The Morgan fingerprint density at radius 2 is 1.10 bits per heavy atom. The molecule has 0 aromatic carbocycles. The van der Waals surface area contributed by atoms with Gasteiger partial charge in [-0.05, 0) is 44.9 Å². The van der Waals surface area contributed by atoms with E-state index in [-0.39, 0.29) is 26.2 Å². The zero-order chi connectivity index (χ0) is 37.5. The van der Waals surface area contributed by atoms with Crippen LogP contribution in [0.1, 0.15) is 181 Å². The van der Waals surface area contributed by atoms with Crippen LogP contribution in [0.15, 0.2) is 36.5 Å². The van der Waals surface area contributed by atoms with Crippen LogP contribution in [0.2, 0.25) is 0 Å². The molecule has 9 nitrogen and oxygen atoms in total. The molecule has 0 rings (SSSR count). The quantitative estimate of drug-likeness (QED) is 0.0158. The lowest BCUT2D eigenvalue weighted by Gasteiger charge is -2.19. The molecular weight excluding hydrogens is 665 g/mol. The van der Waals surface area contributed by atoms with Crippen molar-refractivity contribution in [2.75, 3.05) is 26.4 Å². The smallest absolute Gasteiger partial charge is 0.458 e. The highest BCUT2D eigenvalue weighted by atomic mass is 31.2. The Hall–Kier alpha value is -1.77. The van der Waals surface area contributed by atoms with E-state index >= 15 is 0 Å². The molecule has 0 radical (unpaired) electrons. The van der Waals surface area contributed by atoms with Crippen molar-refractivity contribution in [2.45, 2.75) is 187 Å². The molecule has 298 valence electrons. The summed E-state index contributed by atoms with van der Waals surface area (Å²) in [6.07, 6.45) is 41.0. The molecule has 0 bridgehead atoms. The van der Waals surface area contributed by atoms with Gasteiger partial charge in [0.25, 0.3) is 0 Å². The molecule has 51 heavy (non-hydrogen) atoms. The summed E-state index contributed by atoms with van der Waals surface area (Å²) in [6, 6.07) is 0. The van der Waals surface area contributed by atoms with Gasteiger partial charge in [0.1, 0.15) is 6.61 Å². The summed E-state index contributed by atoms with van der Waals surface area (Å²) in [4.78, 5) is 34.6. The second-order valence-electron chi connectivity index (χ2n) is 13.6. The van der Waals surface area contributed by atoms with E-state index in [2.05, 4.69) is 26.0 Å². The fourth-order valence-corrected chi connectivity index (χ4v) is 6.31. The number of rotatable bonds is 38. The summed E-state index contributed by atoms with van der Waals surface area (Å²) in [5, 5.41) is 0. The van der Waals surface area contributed by atoms with E-state index in [4.69, 9.17) is 24.3 Å². The Bertz CT molecular complexity index is 939. The Kier molecular flexibility index (Phi) is 36.7. The van der Waals surface area contributed by atoms with Crippen molar-refractivity contribution < 1.29 is 37.6 Å². The maximum Gasteiger partial charge on any atom is 0.472 e. The van der Waals surface area contributed by atoms with Gasteiger partial charge in [-0.15, -0.1) is 0 Å². The van der Waals surface area contributed by atoms with Crippen LogP contribution >= 0.6 is 7.82 Å². The van der Waals surface area contributed by atoms with Crippen LogP contribution in [0, 0.1) is 0 Å². The van der Waals surface area contributed by atoms with Gasteiger partial charge in [0, 0.05) is 19.0 Å². The first-order valence-corrected chi connectivity index (χ1v) is 22.0. The SMILES string of the molecule is CCCCCCCCCCC/C=C/CCCCC(=O)O[C@H](COC(=O)/C=C/C=C/CCCCCCCCCCCCC)COP(=O)(O)OCCN. The van der Waals surface area contributed by atoms with E-state index in [1.807, 2.05) is 12.2 Å². The lowest BCUT2D eigenvalue weighted by Crippen LogP contribution is -2.29. The summed E-state index contributed by atoms with van der Waals surface area (Å²) < 4.78 is 32.5. The van der Waals surface area contributed by atoms with E-state index in [9.17, 15) is 19.0 Å². The van der Waals surface area contributed by atoms with E-state index in [1.165, 1.54) is 128 Å². The average Bonchev–Trinajstić information content (AvgIpc) is 3.11. The largest absolute Gasteiger partial charge is 0.472 e. The average molecular weight is 742 g/mol. The third-order valence-corrected chi connectivity index (χ3v) is 9.59. The zero-order valence-corrected chi connectivity index (χ0v) is 33.5. The first kappa shape index (κ1) is 49.2. The topological polar surface area (TPSA) is 134 Å². The molecule has 0 aliphatic rings. The number of phosphoric ester groups is 1. The first-order chi connectivity index (χ1) is 24.8. The van der Waals surface area contributed by atoms with E-state index < -0.39 is 32.5 Å². The van der Waals surface area contributed by atoms with Gasteiger partial charge >= 0.3 is 19.8 Å². The standard InChI is InChI=1S/C41H76NO8P/c1-3-5-7-9-11-13-15-17-19-21-23-25-27-29-31-33-40(43)47-37-39(38-49-51(45,46)48-36-35-42)50-41(44)34-32-30-28-26-24-22-20-18-16-14-12-10-8-6-4-2/h24,26-27,29,31,33,39H,3-23,25,28,30,32,34-38,42H2,1-2H3,(H,45,46)/b26-24+,29-27+,33-31+/t39-/m1/s1. The molecule has 0 aliphatic heterocycles. The lowest BCUT2D eigenvalue weighted by atomic mass is 10.1. The second kappa shape index (κ2) is 38.0. The van der Waals surface area contributed by atoms with Crippen molar-refractivity contribution in [3.63, 3.8) is 0 Å². The van der Waals surface area contributed by atoms with Crippen LogP contribution in [0.25, 0.3) is 0 Å². The van der Waals surface area contributed by atoms with Gasteiger partial charge in [-0.2, -0.15) is 0 Å². The molecule has 0 spiro atoms. The summed E-state index contributed by atoms with van der Waals surface area (Å²) in [7, 11) is -4.40. The fourth-order valence-electron chi connectivity index (χ4n) is 5.54. The van der Waals surface area contributed by atoms with Crippen molar-refractivity contribution in [3.8, 4) is 0 Å². The molecule has 0 saturated heterocycles. The van der Waals surface area contributed by atoms with Crippen LogP contribution in [0.5, 0.6) is 0 Å². The van der Waals surface area contributed by atoms with Crippen molar-refractivity contribution in [1.29, 1.82) is 0 Å². The third kappa shape index (κ3) is 37.8. The van der Waals surface area contributed by atoms with Gasteiger partial charge in [-0.3, -0.25) is 13.8 Å². The van der Waals surface area contributed by atoms with Gasteiger partial charge < -0.3 is 20.1 Å². The van der Waals surface area contributed by atoms with E-state index in [0.29, 0.717) is 6.42 Å². The van der Waals surface area contributed by atoms with Crippen molar-refractivity contribution in [1.82, 2.24) is 0 Å². The third-order valence-electron chi connectivity index (χ3n) is 8.60. The fraction of sp³-hybridized carbons (Fsp3) is 0.805. The number of carbonyl (C=O) groups excluding carboxylic acids is 2. The summed E-state index contributed by atoms with van der Waals surface area (Å²) in [5.74, 6) is -1.11. The van der Waals surface area contributed by atoms with Gasteiger partial charge in [0.15, 0.2) is 6.10 Å². The molecular formula is C41H76NO8P. The molecule has 2 atom stereocenters.